The van der Waals surface area contributed by atoms with E-state index in [1.807, 2.05) is 4.90 Å². The Kier molecular flexibility index (Phi) is 1.81. The first-order valence-corrected chi connectivity index (χ1v) is 4.06. The van der Waals surface area contributed by atoms with Crippen LogP contribution >= 0.6 is 0 Å². The van der Waals surface area contributed by atoms with Crippen molar-refractivity contribution in [1.29, 1.82) is 0 Å². The van der Waals surface area contributed by atoms with Crippen molar-refractivity contribution in [3.63, 3.8) is 0 Å². The molecule has 12 heavy (non-hydrogen) atoms. The van der Waals surface area contributed by atoms with Crippen LogP contribution in [-0.2, 0) is 0 Å². The molecule has 1 aliphatic heterocycles. The molecule has 1 aromatic heterocycles. The Bertz CT molecular complexity index is 263. The highest BCUT2D eigenvalue weighted by atomic mass is 16.5. The molecule has 2 rings (SSSR count). The zero-order valence-electron chi connectivity index (χ0n) is 6.69. The number of nitrogens with zero attached hydrogens (tertiary/aromatic N) is 2. The molecule has 0 spiro atoms. The normalized spacial score (nSPS) is 16.8. The van der Waals surface area contributed by atoms with E-state index < -0.39 is 0 Å². The maximum Gasteiger partial charge on any atom is 0.258 e. The van der Waals surface area contributed by atoms with Crippen LogP contribution in [0.2, 0.25) is 0 Å². The third-order valence-corrected chi connectivity index (χ3v) is 2.07. The standard InChI is InChI=1S/C8H10N2O2/c11-8(7-5-9-12-6-7)10-3-1-2-4-10/h5-6H,1-4H2. The van der Waals surface area contributed by atoms with E-state index in [9.17, 15) is 4.79 Å². The highest BCUT2D eigenvalue weighted by Gasteiger charge is 2.20. The van der Waals surface area contributed by atoms with E-state index in [1.165, 1.54) is 12.5 Å². The van der Waals surface area contributed by atoms with Crippen LogP contribution in [0.15, 0.2) is 17.0 Å². The van der Waals surface area contributed by atoms with E-state index in [0.29, 0.717) is 5.56 Å². The highest BCUT2D eigenvalue weighted by molar-refractivity contribution is 5.93. The van der Waals surface area contributed by atoms with Crippen LogP contribution in [0.1, 0.15) is 23.2 Å². The van der Waals surface area contributed by atoms with Gasteiger partial charge in [0, 0.05) is 13.1 Å². The Morgan fingerprint density at radius 3 is 2.83 bits per heavy atom. The van der Waals surface area contributed by atoms with E-state index in [-0.39, 0.29) is 5.91 Å². The number of rotatable bonds is 1. The molecule has 0 bridgehead atoms. The molecule has 0 unspecified atom stereocenters. The smallest absolute Gasteiger partial charge is 0.258 e. The van der Waals surface area contributed by atoms with E-state index in [0.717, 1.165) is 25.9 Å². The van der Waals surface area contributed by atoms with Crippen molar-refractivity contribution in [3.05, 3.63) is 18.0 Å². The predicted molar refractivity (Wildman–Crippen MR) is 41.6 cm³/mol. The fourth-order valence-corrected chi connectivity index (χ4v) is 1.41. The third kappa shape index (κ3) is 1.20. The minimum atomic E-state index is 0.0359. The Balaban J connectivity index is 2.09. The van der Waals surface area contributed by atoms with Gasteiger partial charge in [0.15, 0.2) is 0 Å². The molecule has 0 aromatic carbocycles. The van der Waals surface area contributed by atoms with Crippen LogP contribution in [0.3, 0.4) is 0 Å². The fourth-order valence-electron chi connectivity index (χ4n) is 1.41. The molecule has 1 aliphatic rings. The van der Waals surface area contributed by atoms with Gasteiger partial charge in [-0.15, -0.1) is 0 Å². The molecule has 1 aromatic rings. The van der Waals surface area contributed by atoms with E-state index >= 15 is 0 Å². The minimum absolute atomic E-state index is 0.0359. The molecule has 0 atom stereocenters. The molecule has 0 aliphatic carbocycles. The fraction of sp³-hybridized carbons (Fsp3) is 0.500. The van der Waals surface area contributed by atoms with Crippen LogP contribution in [-0.4, -0.2) is 29.1 Å². The topological polar surface area (TPSA) is 46.3 Å². The molecule has 64 valence electrons. The van der Waals surface area contributed by atoms with Gasteiger partial charge in [-0.3, -0.25) is 4.79 Å². The maximum absolute atomic E-state index is 11.5. The van der Waals surface area contributed by atoms with Crippen molar-refractivity contribution >= 4 is 5.91 Å². The lowest BCUT2D eigenvalue weighted by Gasteiger charge is -2.12. The van der Waals surface area contributed by atoms with Crippen LogP contribution in [0, 0.1) is 0 Å². The summed E-state index contributed by atoms with van der Waals surface area (Å²) in [5, 5.41) is 3.49. The van der Waals surface area contributed by atoms with Crippen molar-refractivity contribution in [2.45, 2.75) is 12.8 Å². The summed E-state index contributed by atoms with van der Waals surface area (Å²) in [7, 11) is 0. The van der Waals surface area contributed by atoms with Gasteiger partial charge in [-0.1, -0.05) is 5.16 Å². The van der Waals surface area contributed by atoms with Crippen molar-refractivity contribution in [2.75, 3.05) is 13.1 Å². The van der Waals surface area contributed by atoms with Gasteiger partial charge in [0.1, 0.15) is 6.26 Å². The lowest BCUT2D eigenvalue weighted by Crippen LogP contribution is -2.27. The number of likely N-dealkylation sites (tertiary alicyclic amines) is 1. The SMILES string of the molecule is O=C(c1cnoc1)N1CCCC1. The Labute approximate surface area is 70.1 Å². The van der Waals surface area contributed by atoms with Crippen molar-refractivity contribution in [2.24, 2.45) is 0 Å². The number of hydrogen-bond acceptors (Lipinski definition) is 3. The van der Waals surface area contributed by atoms with Gasteiger partial charge < -0.3 is 9.42 Å². The summed E-state index contributed by atoms with van der Waals surface area (Å²) in [6, 6.07) is 0. The molecular weight excluding hydrogens is 156 g/mol. The van der Waals surface area contributed by atoms with E-state index in [4.69, 9.17) is 0 Å². The number of carbonyl (C=O) groups excluding carboxylic acids is 1. The number of aromatic nitrogens is 1. The Morgan fingerprint density at radius 1 is 1.50 bits per heavy atom. The largest absolute Gasteiger partial charge is 0.364 e. The molecule has 4 heteroatoms. The first kappa shape index (κ1) is 7.34. The minimum Gasteiger partial charge on any atom is -0.364 e. The summed E-state index contributed by atoms with van der Waals surface area (Å²) < 4.78 is 4.60. The summed E-state index contributed by atoms with van der Waals surface area (Å²) in [6.45, 7) is 1.73. The zero-order chi connectivity index (χ0) is 8.39. The third-order valence-electron chi connectivity index (χ3n) is 2.07. The number of hydrogen-bond donors (Lipinski definition) is 0. The average Bonchev–Trinajstić information content (AvgIpc) is 2.77. The summed E-state index contributed by atoms with van der Waals surface area (Å²) in [6.07, 6.45) is 5.06. The molecule has 4 nitrogen and oxygen atoms in total. The molecule has 0 N–H and O–H groups in total. The molecule has 0 radical (unpaired) electrons. The summed E-state index contributed by atoms with van der Waals surface area (Å²) in [5.41, 5.74) is 0.553. The second-order valence-corrected chi connectivity index (χ2v) is 2.91. The van der Waals surface area contributed by atoms with Gasteiger partial charge in [-0.25, -0.2) is 0 Å². The van der Waals surface area contributed by atoms with Crippen LogP contribution in [0.4, 0.5) is 0 Å². The molecule has 1 saturated heterocycles. The van der Waals surface area contributed by atoms with Gasteiger partial charge >= 0.3 is 0 Å². The monoisotopic (exact) mass is 166 g/mol. The first-order chi connectivity index (χ1) is 5.88. The van der Waals surface area contributed by atoms with Gasteiger partial charge in [0.25, 0.3) is 5.91 Å². The molecular formula is C8H10N2O2. The molecule has 1 amide bonds. The summed E-state index contributed by atoms with van der Waals surface area (Å²) >= 11 is 0. The number of carbonyl (C=O) groups is 1. The summed E-state index contributed by atoms with van der Waals surface area (Å²) in [4.78, 5) is 13.4. The van der Waals surface area contributed by atoms with Crippen molar-refractivity contribution in [1.82, 2.24) is 10.1 Å². The molecule has 1 fully saturated rings. The predicted octanol–water partition coefficient (Wildman–Crippen LogP) is 0.911. The summed E-state index contributed by atoms with van der Waals surface area (Å²) in [5.74, 6) is 0.0359. The van der Waals surface area contributed by atoms with Gasteiger partial charge in [-0.05, 0) is 12.8 Å². The van der Waals surface area contributed by atoms with Crippen molar-refractivity contribution < 1.29 is 9.32 Å². The molecule has 2 heterocycles. The zero-order valence-corrected chi connectivity index (χ0v) is 6.69. The Hall–Kier alpha value is -1.32. The van der Waals surface area contributed by atoms with Crippen molar-refractivity contribution in [3.8, 4) is 0 Å². The van der Waals surface area contributed by atoms with E-state index in [1.54, 1.807) is 0 Å². The number of amides is 1. The van der Waals surface area contributed by atoms with Gasteiger partial charge in [-0.2, -0.15) is 0 Å². The molecule has 0 saturated carbocycles. The van der Waals surface area contributed by atoms with Crippen LogP contribution in [0.5, 0.6) is 0 Å². The first-order valence-electron chi connectivity index (χ1n) is 4.06. The second-order valence-electron chi connectivity index (χ2n) is 2.91. The average molecular weight is 166 g/mol. The van der Waals surface area contributed by atoms with Gasteiger partial charge in [0.2, 0.25) is 0 Å². The second kappa shape index (κ2) is 2.97. The van der Waals surface area contributed by atoms with Gasteiger partial charge in [0.05, 0.1) is 11.8 Å². The quantitative estimate of drug-likeness (QED) is 0.623. The Morgan fingerprint density at radius 2 is 2.25 bits per heavy atom. The lowest BCUT2D eigenvalue weighted by atomic mass is 10.3. The highest BCUT2D eigenvalue weighted by Crippen LogP contribution is 2.11. The maximum atomic E-state index is 11.5. The van der Waals surface area contributed by atoms with Crippen LogP contribution in [0.25, 0.3) is 0 Å². The lowest BCUT2D eigenvalue weighted by molar-refractivity contribution is 0.0792. The van der Waals surface area contributed by atoms with Crippen LogP contribution < -0.4 is 0 Å². The van der Waals surface area contributed by atoms with E-state index in [2.05, 4.69) is 9.68 Å².